The number of nitrogens with one attached hydrogen (secondary N) is 2. The van der Waals surface area contributed by atoms with Crippen LogP contribution in [0.1, 0.15) is 31.2 Å². The Morgan fingerprint density at radius 3 is 2.56 bits per heavy atom. The maximum atomic E-state index is 12.7. The van der Waals surface area contributed by atoms with E-state index < -0.39 is 0 Å². The molecule has 1 aliphatic carbocycles. The second kappa shape index (κ2) is 6.38. The topological polar surface area (TPSA) is 41.1 Å². The first-order chi connectivity index (χ1) is 8.74. The van der Waals surface area contributed by atoms with Crippen LogP contribution in [0.25, 0.3) is 0 Å². The standard InChI is InChI=1S/C14H19FN2O/c15-12-7-5-11(6-8-12)9-10-16-14(18)17-13-3-1-2-4-13/h5-8,13H,1-4,9-10H2,(H2,16,17,18). The SMILES string of the molecule is O=C(NCCc1ccc(F)cc1)NC1CCCC1. The van der Waals surface area contributed by atoms with Crippen LogP contribution in [-0.2, 0) is 6.42 Å². The quantitative estimate of drug-likeness (QED) is 0.847. The van der Waals surface area contributed by atoms with Crippen LogP contribution in [0.15, 0.2) is 24.3 Å². The first kappa shape index (κ1) is 12.9. The minimum atomic E-state index is -0.231. The zero-order valence-corrected chi connectivity index (χ0v) is 10.4. The van der Waals surface area contributed by atoms with E-state index in [9.17, 15) is 9.18 Å². The molecule has 3 nitrogen and oxygen atoms in total. The molecule has 0 aromatic heterocycles. The van der Waals surface area contributed by atoms with Crippen LogP contribution in [0.3, 0.4) is 0 Å². The number of hydrogen-bond donors (Lipinski definition) is 2. The molecule has 18 heavy (non-hydrogen) atoms. The van der Waals surface area contributed by atoms with Crippen LogP contribution in [-0.4, -0.2) is 18.6 Å². The highest BCUT2D eigenvalue weighted by molar-refractivity contribution is 5.74. The number of halogens is 1. The fraction of sp³-hybridized carbons (Fsp3) is 0.500. The minimum Gasteiger partial charge on any atom is -0.338 e. The zero-order chi connectivity index (χ0) is 12.8. The van der Waals surface area contributed by atoms with Crippen molar-refractivity contribution in [2.24, 2.45) is 0 Å². The minimum absolute atomic E-state index is 0.0935. The fourth-order valence-corrected chi connectivity index (χ4v) is 2.28. The van der Waals surface area contributed by atoms with Gasteiger partial charge in [-0.05, 0) is 37.0 Å². The van der Waals surface area contributed by atoms with Gasteiger partial charge in [0.1, 0.15) is 5.82 Å². The van der Waals surface area contributed by atoms with Crippen LogP contribution < -0.4 is 10.6 Å². The van der Waals surface area contributed by atoms with Crippen molar-refractivity contribution in [1.29, 1.82) is 0 Å². The van der Waals surface area contributed by atoms with Gasteiger partial charge in [-0.15, -0.1) is 0 Å². The number of carbonyl (C=O) groups is 1. The smallest absolute Gasteiger partial charge is 0.315 e. The van der Waals surface area contributed by atoms with Crippen molar-refractivity contribution in [3.8, 4) is 0 Å². The lowest BCUT2D eigenvalue weighted by Crippen LogP contribution is -2.41. The lowest BCUT2D eigenvalue weighted by Gasteiger charge is -2.12. The number of benzene rings is 1. The van der Waals surface area contributed by atoms with Gasteiger partial charge < -0.3 is 10.6 Å². The fourth-order valence-electron chi connectivity index (χ4n) is 2.28. The summed E-state index contributed by atoms with van der Waals surface area (Å²) in [6.45, 7) is 0.574. The van der Waals surface area contributed by atoms with E-state index in [0.717, 1.165) is 24.8 Å². The van der Waals surface area contributed by atoms with E-state index in [1.54, 1.807) is 12.1 Å². The van der Waals surface area contributed by atoms with Gasteiger partial charge in [0.05, 0.1) is 0 Å². The van der Waals surface area contributed by atoms with Crippen molar-refractivity contribution in [1.82, 2.24) is 10.6 Å². The molecular weight excluding hydrogens is 231 g/mol. The van der Waals surface area contributed by atoms with Crippen molar-refractivity contribution >= 4 is 6.03 Å². The summed E-state index contributed by atoms with van der Waals surface area (Å²) in [7, 11) is 0. The summed E-state index contributed by atoms with van der Waals surface area (Å²) in [5.74, 6) is -0.231. The molecule has 1 aromatic carbocycles. The lowest BCUT2D eigenvalue weighted by molar-refractivity contribution is 0.237. The molecule has 2 N–H and O–H groups in total. The van der Waals surface area contributed by atoms with Gasteiger partial charge in [0, 0.05) is 12.6 Å². The Balaban J connectivity index is 1.65. The second-order valence-electron chi connectivity index (χ2n) is 4.76. The molecule has 0 radical (unpaired) electrons. The zero-order valence-electron chi connectivity index (χ0n) is 10.4. The Hall–Kier alpha value is -1.58. The summed E-state index contributed by atoms with van der Waals surface area (Å²) in [5, 5.41) is 5.79. The van der Waals surface area contributed by atoms with E-state index in [4.69, 9.17) is 0 Å². The van der Waals surface area contributed by atoms with Crippen LogP contribution in [0.4, 0.5) is 9.18 Å². The first-order valence-corrected chi connectivity index (χ1v) is 6.53. The van der Waals surface area contributed by atoms with Crippen molar-refractivity contribution in [2.45, 2.75) is 38.1 Å². The van der Waals surface area contributed by atoms with E-state index in [-0.39, 0.29) is 11.8 Å². The molecule has 0 bridgehead atoms. The molecule has 1 saturated carbocycles. The Bertz CT molecular complexity index is 385. The third-order valence-electron chi connectivity index (χ3n) is 3.30. The van der Waals surface area contributed by atoms with Gasteiger partial charge in [-0.25, -0.2) is 9.18 Å². The number of amides is 2. The summed E-state index contributed by atoms with van der Waals surface area (Å²) in [4.78, 5) is 11.6. The van der Waals surface area contributed by atoms with Crippen LogP contribution in [0, 0.1) is 5.82 Å². The molecule has 0 spiro atoms. The first-order valence-electron chi connectivity index (χ1n) is 6.53. The maximum Gasteiger partial charge on any atom is 0.315 e. The van der Waals surface area contributed by atoms with E-state index in [2.05, 4.69) is 10.6 Å². The molecule has 2 amide bonds. The molecule has 0 unspecified atom stereocenters. The third-order valence-corrected chi connectivity index (χ3v) is 3.30. The van der Waals surface area contributed by atoms with Gasteiger partial charge in [0.15, 0.2) is 0 Å². The van der Waals surface area contributed by atoms with Gasteiger partial charge in [-0.2, -0.15) is 0 Å². The molecule has 0 heterocycles. The summed E-state index contributed by atoms with van der Waals surface area (Å²) < 4.78 is 12.7. The van der Waals surface area contributed by atoms with Gasteiger partial charge in [-0.1, -0.05) is 25.0 Å². The number of rotatable bonds is 4. The predicted octanol–water partition coefficient (Wildman–Crippen LogP) is 2.61. The molecule has 4 heteroatoms. The summed E-state index contributed by atoms with van der Waals surface area (Å²) in [6.07, 6.45) is 5.32. The van der Waals surface area contributed by atoms with E-state index >= 15 is 0 Å². The highest BCUT2D eigenvalue weighted by atomic mass is 19.1. The Morgan fingerprint density at radius 2 is 1.89 bits per heavy atom. The molecule has 1 aromatic rings. The predicted molar refractivity (Wildman–Crippen MR) is 68.9 cm³/mol. The summed E-state index contributed by atoms with van der Waals surface area (Å²) in [5.41, 5.74) is 1.03. The Kier molecular flexibility index (Phi) is 4.56. The molecular formula is C14H19FN2O. The van der Waals surface area contributed by atoms with Crippen molar-refractivity contribution in [3.63, 3.8) is 0 Å². The van der Waals surface area contributed by atoms with E-state index in [1.807, 2.05) is 0 Å². The van der Waals surface area contributed by atoms with Gasteiger partial charge in [0.25, 0.3) is 0 Å². The van der Waals surface area contributed by atoms with Crippen molar-refractivity contribution in [2.75, 3.05) is 6.54 Å². The highest BCUT2D eigenvalue weighted by Crippen LogP contribution is 2.17. The molecule has 2 rings (SSSR count). The van der Waals surface area contributed by atoms with Gasteiger partial charge in [-0.3, -0.25) is 0 Å². The van der Waals surface area contributed by atoms with Crippen molar-refractivity contribution < 1.29 is 9.18 Å². The Morgan fingerprint density at radius 1 is 1.22 bits per heavy atom. The second-order valence-corrected chi connectivity index (χ2v) is 4.76. The molecule has 0 saturated heterocycles. The average molecular weight is 250 g/mol. The Labute approximate surface area is 107 Å². The van der Waals surface area contributed by atoms with Crippen LogP contribution >= 0.6 is 0 Å². The average Bonchev–Trinajstić information content (AvgIpc) is 2.84. The molecule has 1 fully saturated rings. The lowest BCUT2D eigenvalue weighted by atomic mass is 10.1. The number of hydrogen-bond acceptors (Lipinski definition) is 1. The highest BCUT2D eigenvalue weighted by Gasteiger charge is 2.16. The van der Waals surface area contributed by atoms with Gasteiger partial charge in [0.2, 0.25) is 0 Å². The molecule has 0 atom stereocenters. The van der Waals surface area contributed by atoms with E-state index in [1.165, 1.54) is 25.0 Å². The van der Waals surface area contributed by atoms with Gasteiger partial charge >= 0.3 is 6.03 Å². The largest absolute Gasteiger partial charge is 0.338 e. The number of carbonyl (C=O) groups excluding carboxylic acids is 1. The third kappa shape index (κ3) is 4.02. The molecule has 0 aliphatic heterocycles. The summed E-state index contributed by atoms with van der Waals surface area (Å²) >= 11 is 0. The van der Waals surface area contributed by atoms with Crippen molar-refractivity contribution in [3.05, 3.63) is 35.6 Å². The summed E-state index contributed by atoms with van der Waals surface area (Å²) in [6, 6.07) is 6.61. The van der Waals surface area contributed by atoms with Crippen LogP contribution in [0.2, 0.25) is 0 Å². The van der Waals surface area contributed by atoms with E-state index in [0.29, 0.717) is 12.6 Å². The maximum absolute atomic E-state index is 12.7. The molecule has 98 valence electrons. The normalized spacial score (nSPS) is 15.6. The monoisotopic (exact) mass is 250 g/mol. The molecule has 1 aliphatic rings. The number of urea groups is 1. The van der Waals surface area contributed by atoms with Crippen LogP contribution in [0.5, 0.6) is 0 Å².